The van der Waals surface area contributed by atoms with Crippen molar-refractivity contribution in [3.05, 3.63) is 16.9 Å². The first-order valence-electron chi connectivity index (χ1n) is 5.45. The van der Waals surface area contributed by atoms with E-state index in [4.69, 9.17) is 11.6 Å². The normalized spacial score (nSPS) is 11.7. The number of hydrogen-bond donors (Lipinski definition) is 1. The predicted molar refractivity (Wildman–Crippen MR) is 64.2 cm³/mol. The molecule has 0 bridgehead atoms. The lowest BCUT2D eigenvalue weighted by Gasteiger charge is -2.13. The maximum absolute atomic E-state index is 6.08. The summed E-state index contributed by atoms with van der Waals surface area (Å²) in [6.07, 6.45) is 1.72. The van der Waals surface area contributed by atoms with Crippen molar-refractivity contribution in [2.45, 2.75) is 40.3 Å². The third kappa shape index (κ3) is 3.50. The van der Waals surface area contributed by atoms with E-state index < -0.39 is 0 Å². The molecule has 0 aliphatic heterocycles. The van der Waals surface area contributed by atoms with E-state index in [2.05, 4.69) is 38.1 Å². The van der Waals surface area contributed by atoms with Crippen LogP contribution in [0.25, 0.3) is 0 Å². The van der Waals surface area contributed by atoms with Gasteiger partial charge in [-0.3, -0.25) is 4.68 Å². The molecule has 3 nitrogen and oxygen atoms in total. The summed E-state index contributed by atoms with van der Waals surface area (Å²) in [5.41, 5.74) is 1.08. The number of nitrogens with zero attached hydrogens (tertiary/aromatic N) is 2. The second kappa shape index (κ2) is 5.52. The highest BCUT2D eigenvalue weighted by molar-refractivity contribution is 6.31. The van der Waals surface area contributed by atoms with Gasteiger partial charge in [-0.2, -0.15) is 5.10 Å². The largest absolute Gasteiger partial charge is 0.311 e. The molecule has 0 aromatic carbocycles. The lowest BCUT2D eigenvalue weighted by atomic mass is 10.2. The maximum atomic E-state index is 6.08. The second-order valence-electron chi connectivity index (χ2n) is 4.50. The van der Waals surface area contributed by atoms with Gasteiger partial charge in [-0.1, -0.05) is 25.4 Å². The lowest BCUT2D eigenvalue weighted by Crippen LogP contribution is -2.22. The molecule has 15 heavy (non-hydrogen) atoms. The van der Waals surface area contributed by atoms with Crippen LogP contribution in [0.4, 0.5) is 0 Å². The van der Waals surface area contributed by atoms with Crippen molar-refractivity contribution in [3.8, 4) is 0 Å². The number of rotatable bonds is 5. The summed E-state index contributed by atoms with van der Waals surface area (Å²) in [7, 11) is 0. The zero-order valence-electron chi connectivity index (χ0n) is 9.92. The van der Waals surface area contributed by atoms with Crippen molar-refractivity contribution < 1.29 is 0 Å². The molecule has 4 heteroatoms. The van der Waals surface area contributed by atoms with Crippen molar-refractivity contribution >= 4 is 11.6 Å². The summed E-state index contributed by atoms with van der Waals surface area (Å²) in [4.78, 5) is 0. The van der Waals surface area contributed by atoms with Gasteiger partial charge in [-0.25, -0.2) is 0 Å². The summed E-state index contributed by atoms with van der Waals surface area (Å²) in [6.45, 7) is 10.4. The fourth-order valence-electron chi connectivity index (χ4n) is 1.46. The average Bonchev–Trinajstić information content (AvgIpc) is 2.47. The molecule has 1 N–H and O–H groups in total. The molecule has 1 aromatic heterocycles. The molecule has 0 fully saturated rings. The van der Waals surface area contributed by atoms with Crippen LogP contribution < -0.4 is 5.32 Å². The third-order valence-electron chi connectivity index (χ3n) is 2.18. The van der Waals surface area contributed by atoms with Gasteiger partial charge in [0.15, 0.2) is 0 Å². The Morgan fingerprint density at radius 3 is 2.60 bits per heavy atom. The van der Waals surface area contributed by atoms with Gasteiger partial charge in [-0.15, -0.1) is 0 Å². The highest BCUT2D eigenvalue weighted by Crippen LogP contribution is 2.18. The molecule has 0 saturated carbocycles. The fourth-order valence-corrected chi connectivity index (χ4v) is 1.65. The minimum Gasteiger partial charge on any atom is -0.311 e. The van der Waals surface area contributed by atoms with E-state index in [0.717, 1.165) is 23.8 Å². The molecule has 1 aromatic rings. The SMILES string of the molecule is CC(C)CNCc1c(Cl)cnn1C(C)C. The van der Waals surface area contributed by atoms with Crippen LogP contribution in [0.5, 0.6) is 0 Å². The minimum absolute atomic E-state index is 0.355. The predicted octanol–water partition coefficient (Wildman–Crippen LogP) is 2.86. The quantitative estimate of drug-likeness (QED) is 0.842. The van der Waals surface area contributed by atoms with Crippen molar-refractivity contribution in [3.63, 3.8) is 0 Å². The van der Waals surface area contributed by atoms with Crippen LogP contribution >= 0.6 is 11.6 Å². The molecule has 0 atom stereocenters. The number of nitrogens with one attached hydrogen (secondary N) is 1. The Kier molecular flexibility index (Phi) is 4.61. The van der Waals surface area contributed by atoms with Gasteiger partial charge in [0, 0.05) is 12.6 Å². The van der Waals surface area contributed by atoms with E-state index in [0.29, 0.717) is 12.0 Å². The molecule has 0 saturated heterocycles. The molecule has 86 valence electrons. The van der Waals surface area contributed by atoms with Crippen molar-refractivity contribution in [2.24, 2.45) is 5.92 Å². The molecule has 0 aliphatic carbocycles. The summed E-state index contributed by atoms with van der Waals surface area (Å²) in [5, 5.41) is 8.39. The van der Waals surface area contributed by atoms with Crippen LogP contribution in [0.2, 0.25) is 5.02 Å². The molecule has 0 radical (unpaired) electrons. The summed E-state index contributed by atoms with van der Waals surface area (Å²) >= 11 is 6.08. The first-order chi connectivity index (χ1) is 7.02. The molecule has 0 amide bonds. The highest BCUT2D eigenvalue weighted by atomic mass is 35.5. The average molecular weight is 230 g/mol. The van der Waals surface area contributed by atoms with Gasteiger partial charge in [0.25, 0.3) is 0 Å². The van der Waals surface area contributed by atoms with E-state index >= 15 is 0 Å². The Labute approximate surface area is 96.8 Å². The van der Waals surface area contributed by atoms with Gasteiger partial charge >= 0.3 is 0 Å². The fraction of sp³-hybridized carbons (Fsp3) is 0.727. The molecule has 1 rings (SSSR count). The highest BCUT2D eigenvalue weighted by Gasteiger charge is 2.10. The lowest BCUT2D eigenvalue weighted by molar-refractivity contribution is 0.481. The number of halogens is 1. The minimum atomic E-state index is 0.355. The van der Waals surface area contributed by atoms with Gasteiger partial charge in [0.1, 0.15) is 0 Å². The van der Waals surface area contributed by atoms with E-state index in [9.17, 15) is 0 Å². The monoisotopic (exact) mass is 229 g/mol. The Balaban J connectivity index is 2.62. The zero-order valence-corrected chi connectivity index (χ0v) is 10.7. The third-order valence-corrected chi connectivity index (χ3v) is 2.50. The molecule has 0 spiro atoms. The van der Waals surface area contributed by atoms with E-state index in [1.165, 1.54) is 0 Å². The van der Waals surface area contributed by atoms with Crippen LogP contribution in [0.15, 0.2) is 6.20 Å². The van der Waals surface area contributed by atoms with Crippen LogP contribution in [0.3, 0.4) is 0 Å². The Morgan fingerprint density at radius 1 is 1.40 bits per heavy atom. The first-order valence-corrected chi connectivity index (χ1v) is 5.82. The van der Waals surface area contributed by atoms with Crippen molar-refractivity contribution in [1.82, 2.24) is 15.1 Å². The summed E-state index contributed by atoms with van der Waals surface area (Å²) < 4.78 is 1.97. The van der Waals surface area contributed by atoms with E-state index in [1.54, 1.807) is 6.20 Å². The van der Waals surface area contributed by atoms with Crippen LogP contribution in [0.1, 0.15) is 39.4 Å². The molecule has 0 unspecified atom stereocenters. The zero-order chi connectivity index (χ0) is 11.4. The van der Waals surface area contributed by atoms with Crippen molar-refractivity contribution in [1.29, 1.82) is 0 Å². The second-order valence-corrected chi connectivity index (χ2v) is 4.91. The Bertz CT molecular complexity index is 305. The van der Waals surface area contributed by atoms with Gasteiger partial charge in [0.2, 0.25) is 0 Å². The van der Waals surface area contributed by atoms with Crippen LogP contribution in [0, 0.1) is 5.92 Å². The van der Waals surface area contributed by atoms with E-state index in [1.807, 2.05) is 4.68 Å². The standard InChI is InChI=1S/C11H20ClN3/c1-8(2)5-13-7-11-10(12)6-14-15(11)9(3)4/h6,8-9,13H,5,7H2,1-4H3. The smallest absolute Gasteiger partial charge is 0.0831 e. The van der Waals surface area contributed by atoms with E-state index in [-0.39, 0.29) is 0 Å². The number of hydrogen-bond acceptors (Lipinski definition) is 2. The Hall–Kier alpha value is -0.540. The molecular formula is C11H20ClN3. The first kappa shape index (κ1) is 12.5. The van der Waals surface area contributed by atoms with Crippen molar-refractivity contribution in [2.75, 3.05) is 6.54 Å². The molecule has 1 heterocycles. The summed E-state index contributed by atoms with van der Waals surface area (Å²) in [6, 6.07) is 0.355. The van der Waals surface area contributed by atoms with Crippen LogP contribution in [-0.2, 0) is 6.54 Å². The van der Waals surface area contributed by atoms with Gasteiger partial charge in [-0.05, 0) is 26.3 Å². The molecule has 0 aliphatic rings. The van der Waals surface area contributed by atoms with Crippen LogP contribution in [-0.4, -0.2) is 16.3 Å². The maximum Gasteiger partial charge on any atom is 0.0831 e. The Morgan fingerprint density at radius 2 is 2.07 bits per heavy atom. The topological polar surface area (TPSA) is 29.9 Å². The van der Waals surface area contributed by atoms with Gasteiger partial charge in [0.05, 0.1) is 16.9 Å². The number of aromatic nitrogens is 2. The molecular weight excluding hydrogens is 210 g/mol. The summed E-state index contributed by atoms with van der Waals surface area (Å²) in [5.74, 6) is 0.652. The van der Waals surface area contributed by atoms with Gasteiger partial charge < -0.3 is 5.32 Å².